The molecule has 3 aliphatic heterocycles. The van der Waals surface area contributed by atoms with Crippen LogP contribution < -0.4 is 0 Å². The molecular formula is C28H44N2O5S. The highest BCUT2D eigenvalue weighted by Crippen LogP contribution is 2.69. The predicted octanol–water partition coefficient (Wildman–Crippen LogP) is 3.66. The van der Waals surface area contributed by atoms with Crippen molar-refractivity contribution in [3.8, 4) is 0 Å². The van der Waals surface area contributed by atoms with E-state index >= 15 is 0 Å². The fourth-order valence-corrected chi connectivity index (χ4v) is 9.16. The van der Waals surface area contributed by atoms with Gasteiger partial charge in [-0.3, -0.25) is 14.4 Å². The first-order valence-electron chi connectivity index (χ1n) is 13.5. The molecule has 3 saturated heterocycles. The van der Waals surface area contributed by atoms with E-state index in [0.717, 1.165) is 25.7 Å². The second-order valence-corrected chi connectivity index (χ2v) is 12.3. The molecular weight excluding hydrogens is 476 g/mol. The number of ether oxygens (including phenoxy) is 1. The summed E-state index contributed by atoms with van der Waals surface area (Å²) in [6.07, 6.45) is 6.54. The highest BCUT2D eigenvalue weighted by molar-refractivity contribution is 8.02. The molecule has 8 heteroatoms. The van der Waals surface area contributed by atoms with Gasteiger partial charge in [0.2, 0.25) is 11.8 Å². The molecule has 2 bridgehead atoms. The molecule has 0 aromatic rings. The Morgan fingerprint density at radius 1 is 1.31 bits per heavy atom. The van der Waals surface area contributed by atoms with Crippen molar-refractivity contribution >= 4 is 29.5 Å². The lowest BCUT2D eigenvalue weighted by Crippen LogP contribution is -2.61. The number of likely N-dealkylation sites (tertiary alicyclic amines) is 1. The summed E-state index contributed by atoms with van der Waals surface area (Å²) in [6, 6.07) is -1.26. The SMILES string of the molecule is C=CCOC(=O)[C@@H]1[C@@H]2CC(C)C3(S2)C(C(=O)N(CC=C)C(C)CCC)N([C@@H](CO)[C@@H](C)CC)C(=O)[C@H]13. The van der Waals surface area contributed by atoms with E-state index in [0.29, 0.717) is 6.54 Å². The quantitative estimate of drug-likeness (QED) is 0.295. The van der Waals surface area contributed by atoms with E-state index in [4.69, 9.17) is 4.74 Å². The number of aliphatic hydroxyl groups is 1. The molecule has 0 radical (unpaired) electrons. The van der Waals surface area contributed by atoms with Crippen LogP contribution in [0, 0.1) is 23.7 Å². The summed E-state index contributed by atoms with van der Waals surface area (Å²) in [6.45, 7) is 18.0. The minimum Gasteiger partial charge on any atom is -0.461 e. The van der Waals surface area contributed by atoms with Crippen LogP contribution in [0.4, 0.5) is 0 Å². The van der Waals surface area contributed by atoms with E-state index < -0.39 is 28.7 Å². The monoisotopic (exact) mass is 520 g/mol. The van der Waals surface area contributed by atoms with Gasteiger partial charge in [-0.25, -0.2) is 0 Å². The van der Waals surface area contributed by atoms with Gasteiger partial charge in [-0.1, -0.05) is 59.3 Å². The van der Waals surface area contributed by atoms with Crippen LogP contribution in [-0.2, 0) is 19.1 Å². The van der Waals surface area contributed by atoms with Gasteiger partial charge in [0.25, 0.3) is 0 Å². The van der Waals surface area contributed by atoms with Gasteiger partial charge in [-0.15, -0.1) is 18.3 Å². The molecule has 3 aliphatic rings. The second-order valence-electron chi connectivity index (χ2n) is 10.8. The lowest BCUT2D eigenvalue weighted by molar-refractivity contribution is -0.154. The van der Waals surface area contributed by atoms with E-state index in [1.54, 1.807) is 22.7 Å². The molecule has 0 aromatic carbocycles. The third kappa shape index (κ3) is 4.53. The third-order valence-electron chi connectivity index (χ3n) is 8.73. The van der Waals surface area contributed by atoms with Crippen LogP contribution >= 0.6 is 11.8 Å². The first kappa shape index (κ1) is 28.8. The van der Waals surface area contributed by atoms with Crippen LogP contribution in [0.25, 0.3) is 0 Å². The van der Waals surface area contributed by atoms with E-state index in [-0.39, 0.29) is 54.1 Å². The number of amides is 2. The first-order valence-corrected chi connectivity index (χ1v) is 14.3. The molecule has 0 saturated carbocycles. The average Bonchev–Trinajstić information content (AvgIpc) is 3.45. The van der Waals surface area contributed by atoms with Crippen molar-refractivity contribution < 1.29 is 24.2 Å². The number of fused-ring (bicyclic) bond motifs is 1. The molecule has 2 amide bonds. The van der Waals surface area contributed by atoms with Crippen molar-refractivity contribution in [2.45, 2.75) is 88.4 Å². The highest BCUT2D eigenvalue weighted by Gasteiger charge is 2.77. The van der Waals surface area contributed by atoms with E-state index in [2.05, 4.69) is 27.0 Å². The Morgan fingerprint density at radius 2 is 2.00 bits per heavy atom. The Morgan fingerprint density at radius 3 is 2.56 bits per heavy atom. The molecule has 0 aliphatic carbocycles. The lowest BCUT2D eigenvalue weighted by Gasteiger charge is -2.44. The van der Waals surface area contributed by atoms with Crippen LogP contribution in [0.5, 0.6) is 0 Å². The maximum absolute atomic E-state index is 14.5. The number of carbonyl (C=O) groups excluding carboxylic acids is 3. The van der Waals surface area contributed by atoms with E-state index in [1.165, 1.54) is 6.08 Å². The number of aliphatic hydroxyl groups excluding tert-OH is 1. The molecule has 0 aromatic heterocycles. The van der Waals surface area contributed by atoms with Crippen molar-refractivity contribution in [2.24, 2.45) is 23.7 Å². The average molecular weight is 521 g/mol. The summed E-state index contributed by atoms with van der Waals surface area (Å²) in [4.78, 5) is 45.6. The molecule has 4 unspecified atom stereocenters. The van der Waals surface area contributed by atoms with Crippen LogP contribution in [0.15, 0.2) is 25.3 Å². The summed E-state index contributed by atoms with van der Waals surface area (Å²) in [5.74, 6) is -1.88. The summed E-state index contributed by atoms with van der Waals surface area (Å²) in [5.41, 5.74) is 0. The molecule has 1 N–H and O–H groups in total. The Labute approximate surface area is 220 Å². The van der Waals surface area contributed by atoms with Crippen LogP contribution in [-0.4, -0.2) is 80.6 Å². The van der Waals surface area contributed by atoms with Crippen LogP contribution in [0.2, 0.25) is 0 Å². The fraction of sp³-hybridized carbons (Fsp3) is 0.750. The van der Waals surface area contributed by atoms with Crippen molar-refractivity contribution in [3.05, 3.63) is 25.3 Å². The zero-order valence-electron chi connectivity index (χ0n) is 22.5. The van der Waals surface area contributed by atoms with Gasteiger partial charge >= 0.3 is 5.97 Å². The summed E-state index contributed by atoms with van der Waals surface area (Å²) in [7, 11) is 0. The minimum atomic E-state index is -0.748. The number of hydrogen-bond acceptors (Lipinski definition) is 6. The maximum Gasteiger partial charge on any atom is 0.311 e. The molecule has 36 heavy (non-hydrogen) atoms. The Hall–Kier alpha value is -1.80. The van der Waals surface area contributed by atoms with Gasteiger partial charge in [0, 0.05) is 17.8 Å². The van der Waals surface area contributed by atoms with Gasteiger partial charge in [-0.2, -0.15) is 0 Å². The molecule has 3 fully saturated rings. The van der Waals surface area contributed by atoms with E-state index in [1.807, 2.05) is 25.7 Å². The molecule has 3 heterocycles. The largest absolute Gasteiger partial charge is 0.461 e. The number of esters is 1. The molecule has 7 nitrogen and oxygen atoms in total. The van der Waals surface area contributed by atoms with Gasteiger partial charge in [0.15, 0.2) is 0 Å². The fourth-order valence-electron chi connectivity index (χ4n) is 6.77. The van der Waals surface area contributed by atoms with Crippen LogP contribution in [0.3, 0.4) is 0 Å². The first-order chi connectivity index (χ1) is 17.2. The number of nitrogens with zero attached hydrogens (tertiary/aromatic N) is 2. The summed E-state index contributed by atoms with van der Waals surface area (Å²) in [5, 5.41) is 10.4. The number of thioether (sulfide) groups is 1. The standard InChI is InChI=1S/C28H44N2O5S/c1-8-12-19(7)29(13-9-2)26(33)24-28-18(6)15-21(36-28)22(27(34)35-14-10-3)23(28)25(32)30(24)20(16-31)17(5)11-4/h9-10,17-24,31H,2-3,8,11-16H2,1,4-7H3/t17-,18?,19?,20-,21-,22+,23-,24?,28?/m0/s1. The van der Waals surface area contributed by atoms with Gasteiger partial charge in [0.1, 0.15) is 12.6 Å². The minimum absolute atomic E-state index is 0.00549. The highest BCUT2D eigenvalue weighted by atomic mass is 32.2. The Balaban J connectivity index is 2.15. The molecule has 1 spiro atoms. The van der Waals surface area contributed by atoms with Gasteiger partial charge < -0.3 is 19.6 Å². The normalized spacial score (nSPS) is 33.1. The summed E-state index contributed by atoms with van der Waals surface area (Å²) < 4.78 is 4.73. The smallest absolute Gasteiger partial charge is 0.311 e. The number of carbonyl (C=O) groups is 3. The molecule has 202 valence electrons. The second kappa shape index (κ2) is 11.7. The Kier molecular flexibility index (Phi) is 9.36. The maximum atomic E-state index is 14.5. The van der Waals surface area contributed by atoms with Gasteiger partial charge in [0.05, 0.1) is 29.2 Å². The topological polar surface area (TPSA) is 87.2 Å². The lowest BCUT2D eigenvalue weighted by atomic mass is 9.66. The third-order valence-corrected chi connectivity index (χ3v) is 10.8. The van der Waals surface area contributed by atoms with Gasteiger partial charge in [-0.05, 0) is 31.6 Å². The predicted molar refractivity (Wildman–Crippen MR) is 143 cm³/mol. The summed E-state index contributed by atoms with van der Waals surface area (Å²) >= 11 is 1.64. The molecule has 9 atom stereocenters. The van der Waals surface area contributed by atoms with E-state index in [9.17, 15) is 19.5 Å². The van der Waals surface area contributed by atoms with Crippen molar-refractivity contribution in [1.29, 1.82) is 0 Å². The zero-order chi connectivity index (χ0) is 26.8. The van der Waals surface area contributed by atoms with Crippen molar-refractivity contribution in [3.63, 3.8) is 0 Å². The van der Waals surface area contributed by atoms with Crippen LogP contribution in [0.1, 0.15) is 60.3 Å². The number of hydrogen-bond donors (Lipinski definition) is 1. The zero-order valence-corrected chi connectivity index (χ0v) is 23.3. The number of rotatable bonds is 13. The van der Waals surface area contributed by atoms with Crippen molar-refractivity contribution in [2.75, 3.05) is 19.8 Å². The molecule has 3 rings (SSSR count). The van der Waals surface area contributed by atoms with Crippen molar-refractivity contribution in [1.82, 2.24) is 9.80 Å². The Bertz CT molecular complexity index is 865.